The second-order valence-corrected chi connectivity index (χ2v) is 7.44. The molecule has 112 valence electrons. The number of aliphatic hydroxyl groups excluding tert-OH is 1. The van der Waals surface area contributed by atoms with Crippen LogP contribution in [0.15, 0.2) is 37.7 Å². The van der Waals surface area contributed by atoms with E-state index in [1.165, 1.54) is 0 Å². The highest BCUT2D eigenvalue weighted by Crippen LogP contribution is 2.40. The smallest absolute Gasteiger partial charge is 0.128 e. The van der Waals surface area contributed by atoms with Gasteiger partial charge in [-0.15, -0.1) is 0 Å². The molecule has 0 fully saturated rings. The Morgan fingerprint density at radius 1 is 1.05 bits per heavy atom. The molecule has 2 nitrogen and oxygen atoms in total. The molecule has 2 aromatic rings. The first kappa shape index (κ1) is 17.0. The van der Waals surface area contributed by atoms with E-state index >= 15 is 0 Å². The molecule has 0 bridgehead atoms. The second-order valence-electron chi connectivity index (χ2n) is 4.82. The van der Waals surface area contributed by atoms with Gasteiger partial charge in [-0.25, -0.2) is 0 Å². The lowest BCUT2D eigenvalue weighted by Crippen LogP contribution is -2.07. The third-order valence-corrected chi connectivity index (χ3v) is 5.45. The number of hydrogen-bond acceptors (Lipinski definition) is 2. The van der Waals surface area contributed by atoms with Crippen molar-refractivity contribution >= 4 is 47.8 Å². The van der Waals surface area contributed by atoms with Crippen LogP contribution in [0.2, 0.25) is 0 Å². The van der Waals surface area contributed by atoms with E-state index in [0.717, 1.165) is 41.4 Å². The van der Waals surface area contributed by atoms with Gasteiger partial charge < -0.3 is 9.84 Å². The van der Waals surface area contributed by atoms with E-state index in [2.05, 4.69) is 47.8 Å². The van der Waals surface area contributed by atoms with Crippen molar-refractivity contribution in [3.8, 4) is 5.75 Å². The molecule has 0 aliphatic heterocycles. The van der Waals surface area contributed by atoms with Gasteiger partial charge in [-0.2, -0.15) is 0 Å². The highest BCUT2D eigenvalue weighted by Gasteiger charge is 2.23. The number of ether oxygens (including phenoxy) is 1. The molecular formula is C16H15Br3O2. The summed E-state index contributed by atoms with van der Waals surface area (Å²) < 4.78 is 8.28. The maximum Gasteiger partial charge on any atom is 0.128 e. The van der Waals surface area contributed by atoms with Crippen LogP contribution >= 0.6 is 47.8 Å². The van der Waals surface area contributed by atoms with Crippen molar-refractivity contribution in [2.24, 2.45) is 0 Å². The molecule has 2 aromatic carbocycles. The van der Waals surface area contributed by atoms with Gasteiger partial charge in [-0.05, 0) is 48.7 Å². The number of aliphatic hydroxyl groups is 1. The first-order valence-electron chi connectivity index (χ1n) is 6.33. The Labute approximate surface area is 149 Å². The molecule has 5 heteroatoms. The average Bonchev–Trinajstić information content (AvgIpc) is 2.41. The van der Waals surface area contributed by atoms with Crippen LogP contribution < -0.4 is 4.74 Å². The van der Waals surface area contributed by atoms with E-state index < -0.39 is 6.10 Å². The fraction of sp³-hybridized carbons (Fsp3) is 0.250. The van der Waals surface area contributed by atoms with Gasteiger partial charge >= 0.3 is 0 Å². The summed E-state index contributed by atoms with van der Waals surface area (Å²) in [5, 5.41) is 10.9. The topological polar surface area (TPSA) is 29.5 Å². The lowest BCUT2D eigenvalue weighted by atomic mass is 9.94. The lowest BCUT2D eigenvalue weighted by molar-refractivity contribution is 0.213. The molecule has 1 atom stereocenters. The Morgan fingerprint density at radius 3 is 2.29 bits per heavy atom. The average molecular weight is 479 g/mol. The Kier molecular flexibility index (Phi) is 5.52. The van der Waals surface area contributed by atoms with Crippen molar-refractivity contribution in [1.82, 2.24) is 0 Å². The minimum Gasteiger partial charge on any atom is -0.496 e. The number of rotatable bonds is 3. The first-order chi connectivity index (χ1) is 9.86. The Morgan fingerprint density at radius 2 is 1.71 bits per heavy atom. The molecule has 0 aliphatic rings. The summed E-state index contributed by atoms with van der Waals surface area (Å²) in [6.45, 7) is 3.94. The van der Waals surface area contributed by atoms with Crippen molar-refractivity contribution in [2.45, 2.75) is 20.0 Å². The molecule has 0 aromatic heterocycles. The molecule has 0 amide bonds. The molecular weight excluding hydrogens is 464 g/mol. The van der Waals surface area contributed by atoms with E-state index in [1.807, 2.05) is 38.1 Å². The predicted octanol–water partition coefficient (Wildman–Crippen LogP) is 5.68. The van der Waals surface area contributed by atoms with Gasteiger partial charge in [0.1, 0.15) is 11.9 Å². The van der Waals surface area contributed by atoms with Crippen molar-refractivity contribution < 1.29 is 9.84 Å². The zero-order chi connectivity index (χ0) is 15.7. The summed E-state index contributed by atoms with van der Waals surface area (Å²) in [6.07, 6.45) is -0.765. The number of aryl methyl sites for hydroxylation is 1. The monoisotopic (exact) mass is 476 g/mol. The summed E-state index contributed by atoms with van der Waals surface area (Å²) in [4.78, 5) is 0. The summed E-state index contributed by atoms with van der Waals surface area (Å²) in [5.41, 5.74) is 3.54. The zero-order valence-electron chi connectivity index (χ0n) is 11.9. The summed E-state index contributed by atoms with van der Waals surface area (Å²) in [6, 6.07) is 7.73. The van der Waals surface area contributed by atoms with E-state index in [4.69, 9.17) is 4.74 Å². The molecule has 21 heavy (non-hydrogen) atoms. The third-order valence-electron chi connectivity index (χ3n) is 3.44. The minimum atomic E-state index is -0.765. The van der Waals surface area contributed by atoms with Crippen LogP contribution in [0.25, 0.3) is 0 Å². The maximum atomic E-state index is 10.9. The maximum absolute atomic E-state index is 10.9. The van der Waals surface area contributed by atoms with Crippen molar-refractivity contribution in [2.75, 3.05) is 7.11 Å². The minimum absolute atomic E-state index is 0.720. The third kappa shape index (κ3) is 3.36. The Bertz CT molecular complexity index is 684. The van der Waals surface area contributed by atoms with E-state index in [0.29, 0.717) is 0 Å². The fourth-order valence-electron chi connectivity index (χ4n) is 2.35. The molecule has 0 saturated carbocycles. The highest BCUT2D eigenvalue weighted by atomic mass is 79.9. The molecule has 1 N–H and O–H groups in total. The number of methoxy groups -OCH3 is 1. The van der Waals surface area contributed by atoms with E-state index in [9.17, 15) is 5.11 Å². The Hall–Kier alpha value is -0.360. The van der Waals surface area contributed by atoms with Crippen molar-refractivity contribution in [3.63, 3.8) is 0 Å². The first-order valence-corrected chi connectivity index (χ1v) is 8.71. The van der Waals surface area contributed by atoms with E-state index in [1.54, 1.807) is 7.11 Å². The molecule has 0 saturated heterocycles. The quantitative estimate of drug-likeness (QED) is 0.615. The van der Waals surface area contributed by atoms with Gasteiger partial charge in [0, 0.05) is 19.0 Å². The molecule has 0 heterocycles. The van der Waals surface area contributed by atoms with Crippen LogP contribution in [-0.4, -0.2) is 12.2 Å². The van der Waals surface area contributed by atoms with Gasteiger partial charge in [0.2, 0.25) is 0 Å². The molecule has 0 aliphatic carbocycles. The summed E-state index contributed by atoms with van der Waals surface area (Å²) >= 11 is 10.5. The van der Waals surface area contributed by atoms with Crippen LogP contribution in [-0.2, 0) is 0 Å². The van der Waals surface area contributed by atoms with Crippen LogP contribution in [0.4, 0.5) is 0 Å². The van der Waals surface area contributed by atoms with Gasteiger partial charge in [0.25, 0.3) is 0 Å². The molecule has 0 spiro atoms. The highest BCUT2D eigenvalue weighted by molar-refractivity contribution is 9.11. The second kappa shape index (κ2) is 6.82. The van der Waals surface area contributed by atoms with Gasteiger partial charge in [0.05, 0.1) is 7.11 Å². The van der Waals surface area contributed by atoms with Gasteiger partial charge in [0.15, 0.2) is 0 Å². The van der Waals surface area contributed by atoms with Crippen LogP contribution in [0, 0.1) is 13.8 Å². The molecule has 2 rings (SSSR count). The summed E-state index contributed by atoms with van der Waals surface area (Å²) in [5.74, 6) is 0.720. The van der Waals surface area contributed by atoms with Crippen LogP contribution in [0.3, 0.4) is 0 Å². The summed E-state index contributed by atoms with van der Waals surface area (Å²) in [7, 11) is 1.63. The number of halogens is 3. The van der Waals surface area contributed by atoms with Crippen LogP contribution in [0.1, 0.15) is 28.4 Å². The molecule has 0 radical (unpaired) electrons. The number of hydrogen-bond donors (Lipinski definition) is 1. The predicted molar refractivity (Wildman–Crippen MR) is 96.1 cm³/mol. The van der Waals surface area contributed by atoms with Crippen molar-refractivity contribution in [3.05, 3.63) is 59.9 Å². The largest absolute Gasteiger partial charge is 0.496 e. The zero-order valence-corrected chi connectivity index (χ0v) is 16.6. The lowest BCUT2D eigenvalue weighted by Gasteiger charge is -2.21. The normalized spacial score (nSPS) is 12.3. The van der Waals surface area contributed by atoms with Crippen LogP contribution in [0.5, 0.6) is 5.75 Å². The van der Waals surface area contributed by atoms with Gasteiger partial charge in [-0.3, -0.25) is 0 Å². The fourth-order valence-corrected chi connectivity index (χ4v) is 4.18. The SMILES string of the molecule is COc1c(C)cc(Br)c(C)c1C(O)c1ccc(Br)cc1Br. The standard InChI is InChI=1S/C16H15Br3O2/c1-8-6-12(18)9(2)14(16(8)21-3)15(20)11-5-4-10(17)7-13(11)19/h4-7,15,20H,1-3H3. The number of benzene rings is 2. The van der Waals surface area contributed by atoms with E-state index in [-0.39, 0.29) is 0 Å². The molecule has 1 unspecified atom stereocenters. The van der Waals surface area contributed by atoms with Crippen molar-refractivity contribution in [1.29, 1.82) is 0 Å². The Balaban J connectivity index is 2.65. The van der Waals surface area contributed by atoms with Gasteiger partial charge in [-0.1, -0.05) is 53.9 Å².